The molecule has 0 aromatic heterocycles. The van der Waals surface area contributed by atoms with Gasteiger partial charge in [0.1, 0.15) is 9.84 Å². The molecule has 0 atom stereocenters. The van der Waals surface area contributed by atoms with Crippen LogP contribution in [0.2, 0.25) is 0 Å². The number of sulfone groups is 1. The van der Waals surface area contributed by atoms with Crippen molar-refractivity contribution in [2.24, 2.45) is 0 Å². The Morgan fingerprint density at radius 3 is 2.54 bits per heavy atom. The zero-order valence-electron chi connectivity index (χ0n) is 8.04. The number of hydrogen-bond acceptors (Lipinski definition) is 3. The van der Waals surface area contributed by atoms with Crippen LogP contribution in [0.25, 0.3) is 0 Å². The second-order valence-corrected chi connectivity index (χ2v) is 5.30. The maximum atomic E-state index is 10.7. The molecule has 0 unspecified atom stereocenters. The number of nitrogens with one attached hydrogen (secondary N) is 1. The van der Waals surface area contributed by atoms with Crippen molar-refractivity contribution in [2.75, 3.05) is 25.1 Å². The predicted molar refractivity (Wildman–Crippen MR) is 55.3 cm³/mol. The first-order valence-corrected chi connectivity index (χ1v) is 6.44. The monoisotopic (exact) mass is 203 g/mol. The lowest BCUT2D eigenvalue weighted by Gasteiger charge is -2.01. The summed E-state index contributed by atoms with van der Waals surface area (Å²) in [4.78, 5) is 0. The van der Waals surface area contributed by atoms with Crippen LogP contribution in [0.15, 0.2) is 0 Å². The largest absolute Gasteiger partial charge is 0.316 e. The van der Waals surface area contributed by atoms with Crippen molar-refractivity contribution < 1.29 is 8.42 Å². The molecule has 0 radical (unpaired) electrons. The van der Waals surface area contributed by atoms with Gasteiger partial charge in [0.15, 0.2) is 0 Å². The summed E-state index contributed by atoms with van der Waals surface area (Å²) in [6.07, 6.45) is 9.13. The van der Waals surface area contributed by atoms with Crippen LogP contribution in [0.5, 0.6) is 0 Å². The van der Waals surface area contributed by atoms with Crippen LogP contribution in [0.3, 0.4) is 0 Å². The Hall–Kier alpha value is -0.530. The minimum atomic E-state index is -2.82. The second-order valence-electron chi connectivity index (χ2n) is 3.04. The van der Waals surface area contributed by atoms with E-state index in [0.717, 1.165) is 25.8 Å². The Morgan fingerprint density at radius 2 is 2.00 bits per heavy atom. The van der Waals surface area contributed by atoms with Gasteiger partial charge in [-0.3, -0.25) is 0 Å². The van der Waals surface area contributed by atoms with Crippen molar-refractivity contribution in [1.29, 1.82) is 0 Å². The summed E-state index contributed by atoms with van der Waals surface area (Å²) >= 11 is 0. The first kappa shape index (κ1) is 12.5. The van der Waals surface area contributed by atoms with Gasteiger partial charge in [0.05, 0.1) is 5.75 Å². The molecule has 76 valence electrons. The molecule has 0 amide bonds. The quantitative estimate of drug-likeness (QED) is 0.482. The Kier molecular flexibility index (Phi) is 6.65. The fraction of sp³-hybridized carbons (Fsp3) is 0.778. The van der Waals surface area contributed by atoms with E-state index in [0.29, 0.717) is 6.54 Å². The van der Waals surface area contributed by atoms with Crippen LogP contribution in [0, 0.1) is 12.3 Å². The molecule has 13 heavy (non-hydrogen) atoms. The molecular weight excluding hydrogens is 186 g/mol. The Labute approximate surface area is 80.8 Å². The number of terminal acetylenes is 1. The van der Waals surface area contributed by atoms with Crippen LogP contribution in [0.1, 0.15) is 19.3 Å². The van der Waals surface area contributed by atoms with Gasteiger partial charge in [-0.25, -0.2) is 8.42 Å². The van der Waals surface area contributed by atoms with E-state index in [9.17, 15) is 8.42 Å². The molecule has 0 fully saturated rings. The van der Waals surface area contributed by atoms with Crippen molar-refractivity contribution >= 4 is 9.84 Å². The van der Waals surface area contributed by atoms with Gasteiger partial charge in [-0.1, -0.05) is 0 Å². The first-order valence-electron chi connectivity index (χ1n) is 4.38. The normalized spacial score (nSPS) is 11.1. The smallest absolute Gasteiger partial charge is 0.148 e. The molecular formula is C9H17NO2S. The molecule has 0 aromatic rings. The lowest BCUT2D eigenvalue weighted by atomic mass is 10.2. The van der Waals surface area contributed by atoms with Gasteiger partial charge < -0.3 is 5.32 Å². The van der Waals surface area contributed by atoms with Gasteiger partial charge in [0.2, 0.25) is 0 Å². The number of hydrogen-bond donors (Lipinski definition) is 1. The summed E-state index contributed by atoms with van der Waals surface area (Å²) in [6.45, 7) is 1.38. The molecule has 0 saturated carbocycles. The SMILES string of the molecule is C#CCCCCNCCS(C)(=O)=O. The van der Waals surface area contributed by atoms with Gasteiger partial charge in [-0.15, -0.1) is 12.3 Å². The Balaban J connectivity index is 3.14. The van der Waals surface area contributed by atoms with E-state index in [-0.39, 0.29) is 5.75 Å². The third kappa shape index (κ3) is 11.5. The van der Waals surface area contributed by atoms with Gasteiger partial charge in [0, 0.05) is 19.2 Å². The van der Waals surface area contributed by atoms with Gasteiger partial charge >= 0.3 is 0 Å². The maximum absolute atomic E-state index is 10.7. The summed E-state index contributed by atoms with van der Waals surface area (Å²) in [5, 5.41) is 3.05. The van der Waals surface area contributed by atoms with Gasteiger partial charge in [0.25, 0.3) is 0 Å². The molecule has 4 heteroatoms. The minimum absolute atomic E-state index is 0.210. The Bertz CT molecular complexity index is 251. The molecule has 1 N–H and O–H groups in total. The fourth-order valence-corrected chi connectivity index (χ4v) is 1.37. The summed E-state index contributed by atoms with van der Waals surface area (Å²) in [5.41, 5.74) is 0. The first-order chi connectivity index (χ1) is 6.06. The van der Waals surface area contributed by atoms with Crippen LogP contribution in [-0.4, -0.2) is 33.5 Å². The van der Waals surface area contributed by atoms with E-state index >= 15 is 0 Å². The van der Waals surface area contributed by atoms with Crippen molar-refractivity contribution in [1.82, 2.24) is 5.32 Å². The fourth-order valence-electron chi connectivity index (χ4n) is 0.860. The predicted octanol–water partition coefficient (Wildman–Crippen LogP) is 0.424. The lowest BCUT2D eigenvalue weighted by Crippen LogP contribution is -2.23. The highest BCUT2D eigenvalue weighted by Crippen LogP contribution is 1.91. The molecule has 0 spiro atoms. The minimum Gasteiger partial charge on any atom is -0.316 e. The van der Waals surface area contributed by atoms with Gasteiger partial charge in [-0.2, -0.15) is 0 Å². The summed E-state index contributed by atoms with van der Waals surface area (Å²) in [7, 11) is -2.82. The van der Waals surface area contributed by atoms with Crippen LogP contribution in [0.4, 0.5) is 0 Å². The highest BCUT2D eigenvalue weighted by molar-refractivity contribution is 7.90. The van der Waals surface area contributed by atoms with E-state index in [4.69, 9.17) is 6.42 Å². The molecule has 0 saturated heterocycles. The van der Waals surface area contributed by atoms with Crippen molar-refractivity contribution in [3.63, 3.8) is 0 Å². The standard InChI is InChI=1S/C9H17NO2S/c1-3-4-5-6-7-10-8-9-13(2,11)12/h1,10H,4-9H2,2H3. The van der Waals surface area contributed by atoms with Crippen LogP contribution in [-0.2, 0) is 9.84 Å². The average molecular weight is 203 g/mol. The van der Waals surface area contributed by atoms with E-state index in [1.807, 2.05) is 0 Å². The van der Waals surface area contributed by atoms with Crippen molar-refractivity contribution in [2.45, 2.75) is 19.3 Å². The molecule has 0 heterocycles. The molecule has 0 aliphatic carbocycles. The topological polar surface area (TPSA) is 46.2 Å². The van der Waals surface area contributed by atoms with Crippen LogP contribution < -0.4 is 5.32 Å². The third-order valence-electron chi connectivity index (χ3n) is 1.57. The van der Waals surface area contributed by atoms with Gasteiger partial charge in [-0.05, 0) is 19.4 Å². The highest BCUT2D eigenvalue weighted by atomic mass is 32.2. The summed E-state index contributed by atoms with van der Waals surface area (Å²) < 4.78 is 21.4. The Morgan fingerprint density at radius 1 is 1.31 bits per heavy atom. The van der Waals surface area contributed by atoms with E-state index in [1.54, 1.807) is 0 Å². The molecule has 0 rings (SSSR count). The summed E-state index contributed by atoms with van der Waals surface area (Å²) in [6, 6.07) is 0. The molecule has 0 aromatic carbocycles. The highest BCUT2D eigenvalue weighted by Gasteiger charge is 1.99. The van der Waals surface area contributed by atoms with Crippen molar-refractivity contribution in [3.05, 3.63) is 0 Å². The molecule has 0 aliphatic rings. The summed E-state index contributed by atoms with van der Waals surface area (Å²) in [5.74, 6) is 2.77. The lowest BCUT2D eigenvalue weighted by molar-refractivity contribution is 0.593. The van der Waals surface area contributed by atoms with E-state index < -0.39 is 9.84 Å². The molecule has 0 aliphatic heterocycles. The molecule has 3 nitrogen and oxygen atoms in total. The van der Waals surface area contributed by atoms with Crippen LogP contribution >= 0.6 is 0 Å². The maximum Gasteiger partial charge on any atom is 0.148 e. The van der Waals surface area contributed by atoms with Crippen molar-refractivity contribution in [3.8, 4) is 12.3 Å². The average Bonchev–Trinajstić information content (AvgIpc) is 2.01. The third-order valence-corrected chi connectivity index (χ3v) is 2.52. The zero-order valence-corrected chi connectivity index (χ0v) is 8.86. The molecule has 0 bridgehead atoms. The number of unbranched alkanes of at least 4 members (excludes halogenated alkanes) is 2. The zero-order chi connectivity index (χ0) is 10.2. The second kappa shape index (κ2) is 6.93. The van der Waals surface area contributed by atoms with E-state index in [2.05, 4.69) is 11.2 Å². The number of rotatable bonds is 7. The van der Waals surface area contributed by atoms with E-state index in [1.165, 1.54) is 6.26 Å².